The van der Waals surface area contributed by atoms with Gasteiger partial charge in [0, 0.05) is 6.42 Å². The Balaban J connectivity index is 2.41. The van der Waals surface area contributed by atoms with Crippen molar-refractivity contribution in [3.8, 4) is 0 Å². The average Bonchev–Trinajstić information content (AvgIpc) is 2.42. The number of hydrogen-bond acceptors (Lipinski definition) is 2. The molecule has 1 amide bonds. The third-order valence-corrected chi connectivity index (χ3v) is 4.02. The van der Waals surface area contributed by atoms with E-state index < -0.39 is 30.0 Å². The van der Waals surface area contributed by atoms with E-state index in [0.29, 0.717) is 12.8 Å². The van der Waals surface area contributed by atoms with Gasteiger partial charge in [0.1, 0.15) is 6.04 Å². The fraction of sp³-hybridized carbons (Fsp3) is 0.733. The lowest BCUT2D eigenvalue weighted by Gasteiger charge is -2.29. The van der Waals surface area contributed by atoms with Gasteiger partial charge in [-0.15, -0.1) is 0 Å². The number of alkyl halides is 3. The van der Waals surface area contributed by atoms with E-state index in [2.05, 4.69) is 5.32 Å². The standard InChI is InChI=1S/C15H22F3NO3/c1-2-3-4-12(14(21)22)19-13(20)9-10-5-7-11(8-6-10)15(16,17)18/h2-3,10-12H,4-9H2,1H3,(H,19,20)(H,21,22)/b3-2+. The number of amides is 1. The Kier molecular flexibility index (Phi) is 6.90. The first-order chi connectivity index (χ1) is 10.2. The van der Waals surface area contributed by atoms with Crippen LogP contribution in [0.5, 0.6) is 0 Å². The Hall–Kier alpha value is -1.53. The second-order valence-electron chi connectivity index (χ2n) is 5.73. The predicted molar refractivity (Wildman–Crippen MR) is 75.1 cm³/mol. The molecular weight excluding hydrogens is 299 g/mol. The van der Waals surface area contributed by atoms with Gasteiger partial charge in [-0.3, -0.25) is 4.79 Å². The van der Waals surface area contributed by atoms with E-state index in [0.717, 1.165) is 0 Å². The van der Waals surface area contributed by atoms with Crippen molar-refractivity contribution in [1.29, 1.82) is 0 Å². The zero-order valence-corrected chi connectivity index (χ0v) is 12.5. The summed E-state index contributed by atoms with van der Waals surface area (Å²) < 4.78 is 37.7. The van der Waals surface area contributed by atoms with Crippen molar-refractivity contribution < 1.29 is 27.9 Å². The van der Waals surface area contributed by atoms with Gasteiger partial charge in [0.15, 0.2) is 0 Å². The van der Waals surface area contributed by atoms with E-state index in [1.165, 1.54) is 0 Å². The summed E-state index contributed by atoms with van der Waals surface area (Å²) in [6.45, 7) is 1.75. The molecule has 0 bridgehead atoms. The number of carboxylic acid groups (broad SMARTS) is 1. The quantitative estimate of drug-likeness (QED) is 0.738. The first-order valence-electron chi connectivity index (χ1n) is 7.44. The van der Waals surface area contributed by atoms with Gasteiger partial charge in [0.05, 0.1) is 5.92 Å². The third-order valence-electron chi connectivity index (χ3n) is 4.02. The summed E-state index contributed by atoms with van der Waals surface area (Å²) >= 11 is 0. The molecule has 22 heavy (non-hydrogen) atoms. The lowest BCUT2D eigenvalue weighted by atomic mass is 9.80. The Bertz CT molecular complexity index is 413. The van der Waals surface area contributed by atoms with Crippen LogP contribution in [0.3, 0.4) is 0 Å². The topological polar surface area (TPSA) is 66.4 Å². The second kappa shape index (κ2) is 8.19. The minimum Gasteiger partial charge on any atom is -0.480 e. The van der Waals surface area contributed by atoms with Gasteiger partial charge >= 0.3 is 12.1 Å². The Morgan fingerprint density at radius 3 is 2.32 bits per heavy atom. The summed E-state index contributed by atoms with van der Waals surface area (Å²) in [4.78, 5) is 22.9. The molecule has 7 heteroatoms. The SMILES string of the molecule is C/C=C/CC(NC(=O)CC1CCC(C(F)(F)F)CC1)C(=O)O. The molecule has 0 aliphatic heterocycles. The van der Waals surface area contributed by atoms with Crippen molar-refractivity contribution in [2.45, 2.75) is 57.7 Å². The average molecular weight is 321 g/mol. The third kappa shape index (κ3) is 6.07. The van der Waals surface area contributed by atoms with Crippen LogP contribution in [0.2, 0.25) is 0 Å². The molecular formula is C15H22F3NO3. The van der Waals surface area contributed by atoms with Crippen molar-refractivity contribution in [3.05, 3.63) is 12.2 Å². The number of rotatable bonds is 6. The molecule has 1 saturated carbocycles. The van der Waals surface area contributed by atoms with E-state index in [-0.39, 0.29) is 31.6 Å². The van der Waals surface area contributed by atoms with Gasteiger partial charge in [-0.05, 0) is 44.9 Å². The molecule has 4 nitrogen and oxygen atoms in total. The van der Waals surface area contributed by atoms with Gasteiger partial charge in [-0.1, -0.05) is 12.2 Å². The van der Waals surface area contributed by atoms with Crippen molar-refractivity contribution in [1.82, 2.24) is 5.32 Å². The molecule has 2 N–H and O–H groups in total. The van der Waals surface area contributed by atoms with E-state index >= 15 is 0 Å². The Labute approximate surface area is 127 Å². The van der Waals surface area contributed by atoms with E-state index in [9.17, 15) is 22.8 Å². The molecule has 126 valence electrons. The van der Waals surface area contributed by atoms with Crippen LogP contribution >= 0.6 is 0 Å². The maximum Gasteiger partial charge on any atom is 0.391 e. The summed E-state index contributed by atoms with van der Waals surface area (Å²) in [6.07, 6.45) is 0.254. The van der Waals surface area contributed by atoms with Gasteiger partial charge in [0.25, 0.3) is 0 Å². The first kappa shape index (κ1) is 18.5. The zero-order valence-electron chi connectivity index (χ0n) is 12.5. The second-order valence-corrected chi connectivity index (χ2v) is 5.73. The molecule has 0 spiro atoms. The highest BCUT2D eigenvalue weighted by Gasteiger charge is 2.41. The number of carboxylic acids is 1. The van der Waals surface area contributed by atoms with Crippen molar-refractivity contribution >= 4 is 11.9 Å². The van der Waals surface area contributed by atoms with Gasteiger partial charge in [0.2, 0.25) is 5.91 Å². The minimum atomic E-state index is -4.16. The maximum absolute atomic E-state index is 12.6. The van der Waals surface area contributed by atoms with Crippen molar-refractivity contribution in [3.63, 3.8) is 0 Å². The van der Waals surface area contributed by atoms with Crippen LogP contribution in [0.1, 0.15) is 45.4 Å². The van der Waals surface area contributed by atoms with Gasteiger partial charge < -0.3 is 10.4 Å². The van der Waals surface area contributed by atoms with Crippen molar-refractivity contribution in [2.75, 3.05) is 0 Å². The lowest BCUT2D eigenvalue weighted by molar-refractivity contribution is -0.184. The summed E-state index contributed by atoms with van der Waals surface area (Å²) in [6, 6.07) is -0.991. The molecule has 0 aromatic rings. The van der Waals surface area contributed by atoms with Crippen LogP contribution in [0.4, 0.5) is 13.2 Å². The van der Waals surface area contributed by atoms with E-state index in [4.69, 9.17) is 5.11 Å². The maximum atomic E-state index is 12.6. The normalized spacial score (nSPS) is 24.2. The number of nitrogens with one attached hydrogen (secondary N) is 1. The molecule has 1 rings (SSSR count). The van der Waals surface area contributed by atoms with E-state index in [1.807, 2.05) is 0 Å². The largest absolute Gasteiger partial charge is 0.480 e. The van der Waals surface area contributed by atoms with Crippen molar-refractivity contribution in [2.24, 2.45) is 11.8 Å². The molecule has 0 aromatic carbocycles. The van der Waals surface area contributed by atoms with Crippen LogP contribution < -0.4 is 5.32 Å². The molecule has 1 atom stereocenters. The number of aliphatic carboxylic acids is 1. The number of hydrogen-bond donors (Lipinski definition) is 2. The molecule has 1 aliphatic rings. The number of carbonyl (C=O) groups excluding carboxylic acids is 1. The van der Waals surface area contributed by atoms with Gasteiger partial charge in [-0.2, -0.15) is 13.2 Å². The number of carbonyl (C=O) groups is 2. The smallest absolute Gasteiger partial charge is 0.391 e. The first-order valence-corrected chi connectivity index (χ1v) is 7.44. The van der Waals surface area contributed by atoms with Crippen LogP contribution in [0.15, 0.2) is 12.2 Å². The monoisotopic (exact) mass is 321 g/mol. The predicted octanol–water partition coefficient (Wildman–Crippen LogP) is 3.28. The highest BCUT2D eigenvalue weighted by molar-refractivity contribution is 5.83. The molecule has 0 aromatic heterocycles. The van der Waals surface area contributed by atoms with E-state index in [1.54, 1.807) is 19.1 Å². The summed E-state index contributed by atoms with van der Waals surface area (Å²) in [7, 11) is 0. The highest BCUT2D eigenvalue weighted by atomic mass is 19.4. The van der Waals surface area contributed by atoms with Crippen LogP contribution in [-0.4, -0.2) is 29.2 Å². The Morgan fingerprint density at radius 2 is 1.86 bits per heavy atom. The molecule has 1 unspecified atom stereocenters. The highest BCUT2D eigenvalue weighted by Crippen LogP contribution is 2.40. The Morgan fingerprint density at radius 1 is 1.27 bits per heavy atom. The van der Waals surface area contributed by atoms with Crippen LogP contribution in [-0.2, 0) is 9.59 Å². The molecule has 0 heterocycles. The summed E-state index contributed by atoms with van der Waals surface area (Å²) in [5.41, 5.74) is 0. The fourth-order valence-corrected chi connectivity index (χ4v) is 2.70. The van der Waals surface area contributed by atoms with Gasteiger partial charge in [-0.25, -0.2) is 4.79 Å². The van der Waals surface area contributed by atoms with Crippen LogP contribution in [0, 0.1) is 11.8 Å². The number of halogens is 3. The molecule has 1 aliphatic carbocycles. The number of allylic oxidation sites excluding steroid dienone is 1. The summed E-state index contributed by atoms with van der Waals surface area (Å²) in [5.74, 6) is -2.90. The molecule has 1 fully saturated rings. The fourth-order valence-electron chi connectivity index (χ4n) is 2.70. The minimum absolute atomic E-state index is 0.0440. The lowest BCUT2D eigenvalue weighted by Crippen LogP contribution is -2.41. The zero-order chi connectivity index (χ0) is 16.8. The molecule has 0 radical (unpaired) electrons. The molecule has 0 saturated heterocycles. The summed E-state index contributed by atoms with van der Waals surface area (Å²) in [5, 5.41) is 11.4. The van der Waals surface area contributed by atoms with Crippen LogP contribution in [0.25, 0.3) is 0 Å².